The maximum atomic E-state index is 4.28. The Morgan fingerprint density at radius 1 is 0.871 bits per heavy atom. The van der Waals surface area contributed by atoms with Gasteiger partial charge in [0.2, 0.25) is 10.3 Å². The molecule has 2 aliphatic carbocycles. The molecule has 4 aromatic heterocycles. The molecule has 7 nitrogen and oxygen atoms in total. The topological polar surface area (TPSA) is 64.7 Å². The summed E-state index contributed by atoms with van der Waals surface area (Å²) >= 11 is 3.15. The van der Waals surface area contributed by atoms with Crippen LogP contribution in [-0.2, 0) is 13.1 Å². The van der Waals surface area contributed by atoms with Crippen LogP contribution in [-0.4, -0.2) is 41.0 Å². The summed E-state index contributed by atoms with van der Waals surface area (Å²) in [5.74, 6) is 2.69. The average Bonchev–Trinajstić information content (AvgIpc) is 3.60. The van der Waals surface area contributed by atoms with E-state index < -0.39 is 0 Å². The molecule has 2 saturated carbocycles. The molecule has 3 atom stereocenters. The normalized spacial score (nSPS) is 22.7. The lowest BCUT2D eigenvalue weighted by atomic mass is 9.88. The van der Waals surface area contributed by atoms with Crippen molar-refractivity contribution < 1.29 is 0 Å². The first-order chi connectivity index (χ1) is 15.3. The molecule has 0 aliphatic heterocycles. The maximum Gasteiger partial charge on any atom is 0.216 e. The third-order valence-electron chi connectivity index (χ3n) is 6.92. The first-order valence-electron chi connectivity index (χ1n) is 10.9. The van der Waals surface area contributed by atoms with Crippen LogP contribution in [0.4, 0.5) is 0 Å². The predicted molar refractivity (Wildman–Crippen MR) is 122 cm³/mol. The summed E-state index contributed by atoms with van der Waals surface area (Å²) in [7, 11) is 0. The molecule has 0 aromatic carbocycles. The van der Waals surface area contributed by atoms with Crippen molar-refractivity contribution in [3.63, 3.8) is 0 Å². The first-order valence-corrected chi connectivity index (χ1v) is 12.7. The molecule has 0 N–H and O–H groups in total. The lowest BCUT2D eigenvalue weighted by Crippen LogP contribution is -2.32. The number of hydrogen-bond donors (Lipinski definition) is 0. The molecule has 9 heteroatoms. The van der Waals surface area contributed by atoms with Crippen LogP contribution >= 0.6 is 22.7 Å². The molecule has 0 saturated heterocycles. The maximum absolute atomic E-state index is 4.28. The van der Waals surface area contributed by atoms with Gasteiger partial charge in [0.15, 0.2) is 0 Å². The summed E-state index contributed by atoms with van der Waals surface area (Å²) in [5.41, 5.74) is 6.10. The average molecular weight is 452 g/mol. The molecule has 4 aromatic rings. The van der Waals surface area contributed by atoms with Gasteiger partial charge in [0.25, 0.3) is 0 Å². The Labute approximate surface area is 189 Å². The fraction of sp³-hybridized carbons (Fsp3) is 0.455. The van der Waals surface area contributed by atoms with Gasteiger partial charge in [-0.3, -0.25) is 14.0 Å². The molecule has 6 rings (SSSR count). The van der Waals surface area contributed by atoms with Crippen LogP contribution in [0.5, 0.6) is 0 Å². The summed E-state index contributed by atoms with van der Waals surface area (Å²) in [6.45, 7) is 2.92. The van der Waals surface area contributed by atoms with E-state index >= 15 is 0 Å². The molecule has 2 bridgehead atoms. The van der Waals surface area contributed by atoms with Crippen molar-refractivity contribution in [2.24, 2.45) is 17.8 Å². The van der Waals surface area contributed by atoms with Gasteiger partial charge in [-0.25, -0.2) is 0 Å². The van der Waals surface area contributed by atoms with Crippen LogP contribution in [0.3, 0.4) is 0 Å². The van der Waals surface area contributed by atoms with E-state index in [9.17, 15) is 0 Å². The first kappa shape index (κ1) is 19.3. The molecule has 0 spiro atoms. The Hall–Kier alpha value is -2.36. The van der Waals surface area contributed by atoms with Crippen molar-refractivity contribution in [1.29, 1.82) is 0 Å². The Morgan fingerprint density at radius 3 is 2.00 bits per heavy atom. The van der Waals surface area contributed by atoms with Crippen molar-refractivity contribution in [3.8, 4) is 10.3 Å². The van der Waals surface area contributed by atoms with E-state index in [2.05, 4.69) is 71.1 Å². The van der Waals surface area contributed by atoms with Crippen molar-refractivity contribution in [3.05, 3.63) is 59.1 Å². The SMILES string of the molecule is c1cc(CN(Cc2cccn2-c2nncs2)CC2C[C@@H]3CC[C@@H]2C3)n(-c2nncs2)c1. The molecule has 2 fully saturated rings. The van der Waals surface area contributed by atoms with Crippen LogP contribution in [0.25, 0.3) is 10.3 Å². The van der Waals surface area contributed by atoms with Crippen LogP contribution < -0.4 is 0 Å². The summed E-state index contributed by atoms with van der Waals surface area (Å²) in [6, 6.07) is 8.63. The summed E-state index contributed by atoms with van der Waals surface area (Å²) in [6.07, 6.45) is 9.90. The fourth-order valence-corrected chi connectivity index (χ4v) is 6.73. The van der Waals surface area contributed by atoms with Gasteiger partial charge >= 0.3 is 0 Å². The second-order valence-corrected chi connectivity index (χ2v) is 10.4. The predicted octanol–water partition coefficient (Wildman–Crippen LogP) is 4.41. The standard InChI is InChI=1S/C22H25N7S2/c1-3-19(28(7-1)21-25-23-14-30-21)12-27(11-18-10-16-5-6-17(18)9-16)13-20-4-2-8-29(20)22-26-24-15-31-22/h1-4,7-8,14-18H,5-6,9-13H2/t16-,17-,18?/m1/s1. The van der Waals surface area contributed by atoms with Crippen LogP contribution in [0.2, 0.25) is 0 Å². The van der Waals surface area contributed by atoms with Gasteiger partial charge < -0.3 is 0 Å². The zero-order valence-electron chi connectivity index (χ0n) is 17.2. The van der Waals surface area contributed by atoms with Gasteiger partial charge in [-0.15, -0.1) is 20.4 Å². The van der Waals surface area contributed by atoms with E-state index in [1.807, 2.05) is 0 Å². The highest BCUT2D eigenvalue weighted by Crippen LogP contribution is 2.48. The number of rotatable bonds is 8. The summed E-state index contributed by atoms with van der Waals surface area (Å²) in [4.78, 5) is 2.62. The minimum Gasteiger partial charge on any atom is -0.294 e. The molecule has 0 amide bonds. The lowest BCUT2D eigenvalue weighted by molar-refractivity contribution is 0.172. The van der Waals surface area contributed by atoms with Gasteiger partial charge in [-0.2, -0.15) is 0 Å². The molecule has 1 unspecified atom stereocenters. The molecule has 2 aliphatic rings. The zero-order chi connectivity index (χ0) is 20.6. The minimum absolute atomic E-state index is 0.814. The highest BCUT2D eigenvalue weighted by molar-refractivity contribution is 7.12. The van der Waals surface area contributed by atoms with E-state index in [4.69, 9.17) is 0 Å². The minimum atomic E-state index is 0.814. The Morgan fingerprint density at radius 2 is 1.52 bits per heavy atom. The quantitative estimate of drug-likeness (QED) is 0.397. The molecular weight excluding hydrogens is 426 g/mol. The number of aromatic nitrogens is 6. The third-order valence-corrected chi connectivity index (χ3v) is 8.30. The molecule has 31 heavy (non-hydrogen) atoms. The Balaban J connectivity index is 1.27. The van der Waals surface area contributed by atoms with Crippen molar-refractivity contribution in [2.45, 2.75) is 38.8 Å². The molecule has 160 valence electrons. The van der Waals surface area contributed by atoms with E-state index in [1.54, 1.807) is 33.7 Å². The number of hydrogen-bond acceptors (Lipinski definition) is 7. The second-order valence-electron chi connectivity index (χ2n) is 8.79. The number of fused-ring (bicyclic) bond motifs is 2. The third kappa shape index (κ3) is 3.86. The molecular formula is C22H25N7S2. The highest BCUT2D eigenvalue weighted by Gasteiger charge is 2.40. The van der Waals surface area contributed by atoms with Gasteiger partial charge in [-0.1, -0.05) is 29.1 Å². The summed E-state index contributed by atoms with van der Waals surface area (Å²) in [5, 5.41) is 18.5. The molecule has 0 radical (unpaired) electrons. The van der Waals surface area contributed by atoms with Crippen LogP contribution in [0, 0.1) is 17.8 Å². The van der Waals surface area contributed by atoms with Crippen molar-refractivity contribution >= 4 is 22.7 Å². The van der Waals surface area contributed by atoms with E-state index in [-0.39, 0.29) is 0 Å². The van der Waals surface area contributed by atoms with Gasteiger partial charge in [0.1, 0.15) is 11.0 Å². The fourth-order valence-electron chi connectivity index (χ4n) is 5.58. The summed E-state index contributed by atoms with van der Waals surface area (Å²) < 4.78 is 4.35. The molecule has 4 heterocycles. The van der Waals surface area contributed by atoms with Gasteiger partial charge in [0.05, 0.1) is 0 Å². The van der Waals surface area contributed by atoms with Crippen molar-refractivity contribution in [1.82, 2.24) is 34.4 Å². The largest absolute Gasteiger partial charge is 0.294 e. The van der Waals surface area contributed by atoms with E-state index in [0.29, 0.717) is 0 Å². The Bertz CT molecular complexity index is 1040. The van der Waals surface area contributed by atoms with Gasteiger partial charge in [-0.05, 0) is 61.3 Å². The highest BCUT2D eigenvalue weighted by atomic mass is 32.1. The van der Waals surface area contributed by atoms with Crippen molar-refractivity contribution in [2.75, 3.05) is 6.54 Å². The van der Waals surface area contributed by atoms with E-state index in [0.717, 1.165) is 47.7 Å². The zero-order valence-corrected chi connectivity index (χ0v) is 18.9. The van der Waals surface area contributed by atoms with Gasteiger partial charge in [0, 0.05) is 43.4 Å². The van der Waals surface area contributed by atoms with Crippen LogP contribution in [0.15, 0.2) is 47.7 Å². The smallest absolute Gasteiger partial charge is 0.216 e. The Kier molecular flexibility index (Phi) is 5.17. The monoisotopic (exact) mass is 451 g/mol. The number of nitrogens with zero attached hydrogens (tertiary/aromatic N) is 7. The van der Waals surface area contributed by atoms with E-state index in [1.165, 1.54) is 37.1 Å². The second kappa shape index (κ2) is 8.29. The van der Waals surface area contributed by atoms with Crippen LogP contribution in [0.1, 0.15) is 37.1 Å². The lowest BCUT2D eigenvalue weighted by Gasteiger charge is -2.30.